The molecule has 0 atom stereocenters. The van der Waals surface area contributed by atoms with Crippen LogP contribution >= 0.6 is 11.8 Å². The Morgan fingerprint density at radius 3 is 2.26 bits per heavy atom. The molecule has 0 aromatic heterocycles. The van der Waals surface area contributed by atoms with Crippen LogP contribution in [0.25, 0.3) is 0 Å². The van der Waals surface area contributed by atoms with Crippen LogP contribution in [0.1, 0.15) is 31.1 Å². The summed E-state index contributed by atoms with van der Waals surface area (Å²) in [5.74, 6) is -0.318. The smallest absolute Gasteiger partial charge is 0.408 e. The van der Waals surface area contributed by atoms with E-state index in [-0.39, 0.29) is 24.1 Å². The summed E-state index contributed by atoms with van der Waals surface area (Å²) in [6.45, 7) is 5.11. The maximum atomic E-state index is 12.0. The zero-order valence-corrected chi connectivity index (χ0v) is 14.5. The van der Waals surface area contributed by atoms with E-state index in [1.165, 1.54) is 18.9 Å². The molecule has 0 bridgehead atoms. The molecule has 1 aromatic carbocycles. The van der Waals surface area contributed by atoms with Crippen molar-refractivity contribution < 1.29 is 23.9 Å². The number of alkyl carbamates (subject to hydrolysis) is 1. The van der Waals surface area contributed by atoms with Gasteiger partial charge in [0.1, 0.15) is 5.60 Å². The molecule has 1 amide bonds. The fraction of sp³-hybridized carbons (Fsp3) is 0.438. The number of carbonyl (C=O) groups is 3. The Balaban J connectivity index is 2.48. The number of nitrogens with one attached hydrogen (secondary N) is 1. The predicted octanol–water partition coefficient (Wildman–Crippen LogP) is 2.66. The highest BCUT2D eigenvalue weighted by atomic mass is 32.2. The van der Waals surface area contributed by atoms with Crippen LogP contribution in [0.4, 0.5) is 4.79 Å². The molecule has 0 spiro atoms. The molecular weight excluding hydrogens is 318 g/mol. The third-order valence-electron chi connectivity index (χ3n) is 2.55. The van der Waals surface area contributed by atoms with Crippen LogP contribution < -0.4 is 5.32 Å². The number of methoxy groups -OCH3 is 1. The molecule has 7 heteroatoms. The number of thioether (sulfide) groups is 1. The lowest BCUT2D eigenvalue weighted by atomic mass is 10.1. The minimum atomic E-state index is -0.629. The van der Waals surface area contributed by atoms with Crippen molar-refractivity contribution in [3.8, 4) is 0 Å². The Kier molecular flexibility index (Phi) is 7.09. The molecule has 0 fully saturated rings. The van der Waals surface area contributed by atoms with E-state index < -0.39 is 11.7 Å². The van der Waals surface area contributed by atoms with Gasteiger partial charge >= 0.3 is 12.1 Å². The Labute approximate surface area is 139 Å². The molecule has 0 aliphatic rings. The van der Waals surface area contributed by atoms with Crippen LogP contribution in [0.3, 0.4) is 0 Å². The van der Waals surface area contributed by atoms with Gasteiger partial charge in [-0.25, -0.2) is 4.79 Å². The molecule has 0 aliphatic carbocycles. The van der Waals surface area contributed by atoms with E-state index in [1.54, 1.807) is 45.0 Å². The number of ketones is 1. The van der Waals surface area contributed by atoms with Gasteiger partial charge in [-0.2, -0.15) is 0 Å². The number of carbonyl (C=O) groups excluding carboxylic acids is 3. The van der Waals surface area contributed by atoms with Crippen molar-refractivity contribution in [2.75, 3.05) is 19.4 Å². The largest absolute Gasteiger partial charge is 0.468 e. The second kappa shape index (κ2) is 8.57. The van der Waals surface area contributed by atoms with Crippen molar-refractivity contribution in [3.05, 3.63) is 29.8 Å². The number of hydrogen-bond donors (Lipinski definition) is 1. The van der Waals surface area contributed by atoms with E-state index in [0.717, 1.165) is 4.90 Å². The van der Waals surface area contributed by atoms with Crippen molar-refractivity contribution >= 4 is 29.6 Å². The maximum Gasteiger partial charge on any atom is 0.408 e. The van der Waals surface area contributed by atoms with Crippen LogP contribution in [0.15, 0.2) is 29.2 Å². The molecule has 1 aromatic rings. The van der Waals surface area contributed by atoms with Gasteiger partial charge in [0.2, 0.25) is 0 Å². The van der Waals surface area contributed by atoms with Gasteiger partial charge in [-0.15, -0.1) is 11.8 Å². The topological polar surface area (TPSA) is 81.7 Å². The zero-order valence-electron chi connectivity index (χ0n) is 13.7. The zero-order chi connectivity index (χ0) is 17.5. The molecule has 0 saturated heterocycles. The fourth-order valence-corrected chi connectivity index (χ4v) is 2.24. The number of esters is 1. The first-order valence-electron chi connectivity index (χ1n) is 7.01. The second-order valence-electron chi connectivity index (χ2n) is 5.67. The molecular formula is C16H21NO5S. The van der Waals surface area contributed by atoms with Crippen molar-refractivity contribution in [2.45, 2.75) is 31.3 Å². The van der Waals surface area contributed by atoms with Crippen molar-refractivity contribution in [2.24, 2.45) is 0 Å². The molecule has 0 radical (unpaired) electrons. The maximum absolute atomic E-state index is 12.0. The number of benzene rings is 1. The minimum Gasteiger partial charge on any atom is -0.468 e. The van der Waals surface area contributed by atoms with Gasteiger partial charge in [0.05, 0.1) is 19.4 Å². The number of Topliss-reactive ketones (excluding diaryl/α,β-unsaturated/α-hetero) is 1. The summed E-state index contributed by atoms with van der Waals surface area (Å²) < 4.78 is 9.62. The van der Waals surface area contributed by atoms with Crippen LogP contribution in [0.2, 0.25) is 0 Å². The normalized spacial score (nSPS) is 10.8. The molecule has 0 aliphatic heterocycles. The summed E-state index contributed by atoms with van der Waals surface area (Å²) in [5.41, 5.74) is -0.130. The van der Waals surface area contributed by atoms with E-state index in [9.17, 15) is 14.4 Å². The average Bonchev–Trinajstić information content (AvgIpc) is 2.49. The SMILES string of the molecule is COC(=O)CSc1ccc(C(=O)CNC(=O)OC(C)(C)C)cc1. The van der Waals surface area contributed by atoms with Crippen molar-refractivity contribution in [1.29, 1.82) is 0 Å². The summed E-state index contributed by atoms with van der Waals surface area (Å²) in [4.78, 5) is 35.4. The van der Waals surface area contributed by atoms with E-state index >= 15 is 0 Å². The van der Waals surface area contributed by atoms with E-state index in [1.807, 2.05) is 0 Å². The van der Waals surface area contributed by atoms with Crippen LogP contribution in [-0.2, 0) is 14.3 Å². The van der Waals surface area contributed by atoms with Gasteiger partial charge in [-0.05, 0) is 32.9 Å². The molecule has 6 nitrogen and oxygen atoms in total. The molecule has 1 rings (SSSR count). The predicted molar refractivity (Wildman–Crippen MR) is 87.7 cm³/mol. The van der Waals surface area contributed by atoms with E-state index in [0.29, 0.717) is 5.56 Å². The standard InChI is InChI=1S/C16H21NO5S/c1-16(2,3)22-15(20)17-9-13(18)11-5-7-12(8-6-11)23-10-14(19)21-4/h5-8H,9-10H2,1-4H3,(H,17,20). The lowest BCUT2D eigenvalue weighted by Gasteiger charge is -2.19. The van der Waals surface area contributed by atoms with Gasteiger partial charge in [0.15, 0.2) is 5.78 Å². The number of rotatable bonds is 6. The lowest BCUT2D eigenvalue weighted by Crippen LogP contribution is -2.35. The molecule has 1 N–H and O–H groups in total. The van der Waals surface area contributed by atoms with Crippen LogP contribution in [0, 0.1) is 0 Å². The van der Waals surface area contributed by atoms with Crippen molar-refractivity contribution in [3.63, 3.8) is 0 Å². The highest BCUT2D eigenvalue weighted by molar-refractivity contribution is 8.00. The Hall–Kier alpha value is -2.02. The van der Waals surface area contributed by atoms with Gasteiger partial charge in [-0.3, -0.25) is 9.59 Å². The van der Waals surface area contributed by atoms with E-state index in [4.69, 9.17) is 4.74 Å². The summed E-state index contributed by atoms with van der Waals surface area (Å²) in [7, 11) is 1.34. The Morgan fingerprint density at radius 2 is 1.74 bits per heavy atom. The number of hydrogen-bond acceptors (Lipinski definition) is 6. The van der Waals surface area contributed by atoms with Gasteiger partial charge < -0.3 is 14.8 Å². The quantitative estimate of drug-likeness (QED) is 0.487. The summed E-state index contributed by atoms with van der Waals surface area (Å²) in [6.07, 6.45) is -0.629. The first-order chi connectivity index (χ1) is 10.7. The Bertz CT molecular complexity index is 563. The molecule has 126 valence electrons. The third-order valence-corrected chi connectivity index (χ3v) is 3.54. The summed E-state index contributed by atoms with van der Waals surface area (Å²) in [6, 6.07) is 6.79. The van der Waals surface area contributed by atoms with Gasteiger partial charge in [0.25, 0.3) is 0 Å². The highest BCUT2D eigenvalue weighted by Gasteiger charge is 2.17. The summed E-state index contributed by atoms with van der Waals surface area (Å²) >= 11 is 1.32. The van der Waals surface area contributed by atoms with Gasteiger partial charge in [-0.1, -0.05) is 12.1 Å². The second-order valence-corrected chi connectivity index (χ2v) is 6.72. The lowest BCUT2D eigenvalue weighted by molar-refractivity contribution is -0.137. The summed E-state index contributed by atoms with van der Waals surface area (Å²) in [5, 5.41) is 2.42. The van der Waals surface area contributed by atoms with Crippen LogP contribution in [0.5, 0.6) is 0 Å². The van der Waals surface area contributed by atoms with E-state index in [2.05, 4.69) is 10.1 Å². The number of ether oxygens (including phenoxy) is 2. The monoisotopic (exact) mass is 339 g/mol. The Morgan fingerprint density at radius 1 is 1.13 bits per heavy atom. The molecule has 23 heavy (non-hydrogen) atoms. The molecule has 0 unspecified atom stereocenters. The number of amides is 1. The third kappa shape index (κ3) is 7.69. The molecule has 0 saturated carbocycles. The van der Waals surface area contributed by atoms with Crippen molar-refractivity contribution in [1.82, 2.24) is 5.32 Å². The van der Waals surface area contributed by atoms with Crippen LogP contribution in [-0.4, -0.2) is 42.9 Å². The first kappa shape index (κ1) is 19.0. The minimum absolute atomic E-state index is 0.135. The van der Waals surface area contributed by atoms with Gasteiger partial charge in [0, 0.05) is 10.5 Å². The fourth-order valence-electron chi connectivity index (χ4n) is 1.51. The first-order valence-corrected chi connectivity index (χ1v) is 7.99. The highest BCUT2D eigenvalue weighted by Crippen LogP contribution is 2.18. The average molecular weight is 339 g/mol. The molecule has 0 heterocycles.